The fraction of sp³-hybridized carbons (Fsp3) is 0.300. The highest BCUT2D eigenvalue weighted by Gasteiger charge is 2.26. The first kappa shape index (κ1) is 21.0. The molecular weight excluding hydrogens is 396 g/mol. The molecule has 1 aliphatic rings. The minimum absolute atomic E-state index is 0.107. The molecule has 2 N–H and O–H groups in total. The number of rotatable bonds is 7. The van der Waals surface area contributed by atoms with E-state index in [1.54, 1.807) is 36.4 Å². The van der Waals surface area contributed by atoms with Crippen LogP contribution in [0, 0.1) is 0 Å². The van der Waals surface area contributed by atoms with Gasteiger partial charge in [-0.2, -0.15) is 4.31 Å². The molecule has 2 aromatic carbocycles. The van der Waals surface area contributed by atoms with Crippen LogP contribution in [0.4, 0.5) is 0 Å². The monoisotopic (exact) mass is 418 g/mol. The van der Waals surface area contributed by atoms with Gasteiger partial charge in [0.15, 0.2) is 0 Å². The van der Waals surface area contributed by atoms with E-state index in [4.69, 9.17) is 15.2 Å². The lowest BCUT2D eigenvalue weighted by Gasteiger charge is -2.26. The van der Waals surface area contributed by atoms with Crippen LogP contribution in [0.5, 0.6) is 5.75 Å². The van der Waals surface area contributed by atoms with Gasteiger partial charge in [-0.15, -0.1) is 0 Å². The largest absolute Gasteiger partial charge is 0.426 e. The van der Waals surface area contributed by atoms with Crippen molar-refractivity contribution in [2.45, 2.75) is 17.7 Å². The first-order valence-corrected chi connectivity index (χ1v) is 10.6. The van der Waals surface area contributed by atoms with Gasteiger partial charge in [0, 0.05) is 25.1 Å². The highest BCUT2D eigenvalue weighted by Crippen LogP contribution is 2.19. The van der Waals surface area contributed by atoms with E-state index in [-0.39, 0.29) is 22.6 Å². The molecule has 2 aromatic rings. The van der Waals surface area contributed by atoms with Crippen molar-refractivity contribution in [1.82, 2.24) is 4.31 Å². The number of ether oxygens (including phenoxy) is 2. The number of esters is 1. The quantitative estimate of drug-likeness (QED) is 0.536. The van der Waals surface area contributed by atoms with Gasteiger partial charge in [-0.05, 0) is 42.3 Å². The molecule has 0 aromatic heterocycles. The number of sulfonamides is 1. The number of nitrogens with zero attached hydrogens (tertiary/aromatic N) is 1. The van der Waals surface area contributed by atoms with Crippen LogP contribution in [-0.2, 0) is 26.0 Å². The Bertz CT molecular complexity index is 982. The molecule has 154 valence electrons. The number of morpholine rings is 1. The van der Waals surface area contributed by atoms with E-state index in [1.165, 1.54) is 16.4 Å². The van der Waals surface area contributed by atoms with Crippen LogP contribution in [0.2, 0.25) is 0 Å². The van der Waals surface area contributed by atoms with Crippen LogP contribution in [0.25, 0.3) is 0 Å². The summed E-state index contributed by atoms with van der Waals surface area (Å²) in [5.74, 6) is -0.815. The Kier molecular flexibility index (Phi) is 6.63. The van der Waals surface area contributed by atoms with Crippen molar-refractivity contribution < 1.29 is 27.5 Å². The molecule has 1 aliphatic heterocycles. The van der Waals surface area contributed by atoms with E-state index in [2.05, 4.69) is 0 Å². The van der Waals surface area contributed by atoms with Crippen LogP contribution in [-0.4, -0.2) is 50.9 Å². The molecule has 3 rings (SSSR count). The van der Waals surface area contributed by atoms with E-state index in [1.807, 2.05) is 0 Å². The lowest BCUT2D eigenvalue weighted by molar-refractivity contribution is -0.134. The molecule has 0 saturated carbocycles. The van der Waals surface area contributed by atoms with Gasteiger partial charge < -0.3 is 15.2 Å². The predicted molar refractivity (Wildman–Crippen MR) is 105 cm³/mol. The van der Waals surface area contributed by atoms with Crippen molar-refractivity contribution in [1.29, 1.82) is 0 Å². The molecule has 29 heavy (non-hydrogen) atoms. The Labute approximate surface area is 169 Å². The van der Waals surface area contributed by atoms with Crippen molar-refractivity contribution in [3.8, 4) is 5.75 Å². The molecule has 0 atom stereocenters. The number of hydrogen-bond donors (Lipinski definition) is 1. The third kappa shape index (κ3) is 5.41. The Hall–Kier alpha value is -2.75. The molecule has 0 bridgehead atoms. The van der Waals surface area contributed by atoms with Crippen LogP contribution in [0.15, 0.2) is 53.4 Å². The third-order valence-electron chi connectivity index (χ3n) is 4.50. The smallest absolute Gasteiger partial charge is 0.311 e. The lowest BCUT2D eigenvalue weighted by Crippen LogP contribution is -2.40. The summed E-state index contributed by atoms with van der Waals surface area (Å²) in [6.45, 7) is 1.46. The third-order valence-corrected chi connectivity index (χ3v) is 6.41. The number of carbonyl (C=O) groups excluding carboxylic acids is 2. The predicted octanol–water partition coefficient (Wildman–Crippen LogP) is 1.34. The molecule has 0 aliphatic carbocycles. The molecule has 1 heterocycles. The van der Waals surface area contributed by atoms with Crippen LogP contribution < -0.4 is 10.5 Å². The van der Waals surface area contributed by atoms with Gasteiger partial charge in [-0.25, -0.2) is 8.42 Å². The fourth-order valence-corrected chi connectivity index (χ4v) is 4.31. The average Bonchev–Trinajstić information content (AvgIpc) is 2.73. The zero-order valence-electron chi connectivity index (χ0n) is 15.7. The van der Waals surface area contributed by atoms with Gasteiger partial charge in [0.2, 0.25) is 15.9 Å². The number of nitrogens with two attached hydrogens (primary N) is 1. The van der Waals surface area contributed by atoms with E-state index < -0.39 is 21.9 Å². The zero-order chi connectivity index (χ0) is 20.9. The van der Waals surface area contributed by atoms with Gasteiger partial charge in [0.25, 0.3) is 0 Å². The van der Waals surface area contributed by atoms with Gasteiger partial charge in [-0.3, -0.25) is 9.59 Å². The van der Waals surface area contributed by atoms with Gasteiger partial charge >= 0.3 is 5.97 Å². The number of amides is 1. The van der Waals surface area contributed by atoms with Crippen molar-refractivity contribution in [3.63, 3.8) is 0 Å². The molecule has 0 unspecified atom stereocenters. The summed E-state index contributed by atoms with van der Waals surface area (Å²) in [4.78, 5) is 23.4. The van der Waals surface area contributed by atoms with Gasteiger partial charge in [0.1, 0.15) is 5.75 Å². The second kappa shape index (κ2) is 9.17. The summed E-state index contributed by atoms with van der Waals surface area (Å²) in [6, 6.07) is 12.6. The Morgan fingerprint density at radius 1 is 1.07 bits per heavy atom. The van der Waals surface area contributed by atoms with Crippen molar-refractivity contribution >= 4 is 21.9 Å². The first-order chi connectivity index (χ1) is 13.9. The molecule has 0 spiro atoms. The summed E-state index contributed by atoms with van der Waals surface area (Å²) >= 11 is 0. The van der Waals surface area contributed by atoms with Crippen LogP contribution in [0.1, 0.15) is 22.3 Å². The SMILES string of the molecule is NC(=O)c1cccc(OC(=O)CCc2ccc(S(=O)(=O)N3CCOCC3)cc2)c1. The molecule has 0 radical (unpaired) electrons. The minimum Gasteiger partial charge on any atom is -0.426 e. The number of aryl methyl sites for hydroxylation is 1. The fourth-order valence-electron chi connectivity index (χ4n) is 2.91. The average molecular weight is 418 g/mol. The number of benzene rings is 2. The number of primary amides is 1. The molecular formula is C20H22N2O6S. The van der Waals surface area contributed by atoms with E-state index in [0.29, 0.717) is 32.7 Å². The van der Waals surface area contributed by atoms with Crippen molar-refractivity contribution in [2.24, 2.45) is 5.73 Å². The van der Waals surface area contributed by atoms with Crippen molar-refractivity contribution in [3.05, 3.63) is 59.7 Å². The van der Waals surface area contributed by atoms with E-state index in [9.17, 15) is 18.0 Å². The Morgan fingerprint density at radius 2 is 1.76 bits per heavy atom. The second-order valence-electron chi connectivity index (χ2n) is 6.53. The highest BCUT2D eigenvalue weighted by atomic mass is 32.2. The van der Waals surface area contributed by atoms with Crippen LogP contribution in [0.3, 0.4) is 0 Å². The lowest BCUT2D eigenvalue weighted by atomic mass is 10.1. The Balaban J connectivity index is 1.56. The Morgan fingerprint density at radius 3 is 2.41 bits per heavy atom. The van der Waals surface area contributed by atoms with Gasteiger partial charge in [-0.1, -0.05) is 18.2 Å². The van der Waals surface area contributed by atoms with E-state index in [0.717, 1.165) is 5.56 Å². The summed E-state index contributed by atoms with van der Waals surface area (Å²) in [5.41, 5.74) is 6.28. The minimum atomic E-state index is -3.54. The summed E-state index contributed by atoms with van der Waals surface area (Å²) in [7, 11) is -3.54. The number of carbonyl (C=O) groups is 2. The maximum Gasteiger partial charge on any atom is 0.311 e. The summed E-state index contributed by atoms with van der Waals surface area (Å²) in [6.07, 6.45) is 0.503. The van der Waals surface area contributed by atoms with E-state index >= 15 is 0 Å². The second-order valence-corrected chi connectivity index (χ2v) is 8.46. The maximum atomic E-state index is 12.6. The standard InChI is InChI=1S/C20H22N2O6S/c21-20(24)16-2-1-3-17(14-16)28-19(23)9-6-15-4-7-18(8-5-15)29(25,26)22-10-12-27-13-11-22/h1-5,7-8,14H,6,9-13H2,(H2,21,24). The number of hydrogen-bond acceptors (Lipinski definition) is 6. The van der Waals surface area contributed by atoms with Gasteiger partial charge in [0.05, 0.1) is 18.1 Å². The summed E-state index contributed by atoms with van der Waals surface area (Å²) < 4.78 is 37.0. The molecule has 8 nitrogen and oxygen atoms in total. The van der Waals surface area contributed by atoms with Crippen LogP contribution >= 0.6 is 0 Å². The maximum absolute atomic E-state index is 12.6. The van der Waals surface area contributed by atoms with Crippen molar-refractivity contribution in [2.75, 3.05) is 26.3 Å². The molecule has 1 fully saturated rings. The normalized spacial score (nSPS) is 15.0. The topological polar surface area (TPSA) is 116 Å². The molecule has 9 heteroatoms. The molecule has 1 amide bonds. The first-order valence-electron chi connectivity index (χ1n) is 9.13. The molecule has 1 saturated heterocycles. The zero-order valence-corrected chi connectivity index (χ0v) is 16.6. The highest BCUT2D eigenvalue weighted by molar-refractivity contribution is 7.89. The summed E-state index contributed by atoms with van der Waals surface area (Å²) in [5, 5.41) is 0.